The molecular weight excluding hydrogens is 348 g/mol. The molecule has 28 heavy (non-hydrogen) atoms. The van der Waals surface area contributed by atoms with Crippen LogP contribution in [0.25, 0.3) is 0 Å². The van der Waals surface area contributed by atoms with Crippen molar-refractivity contribution in [3.63, 3.8) is 0 Å². The molecule has 3 nitrogen and oxygen atoms in total. The summed E-state index contributed by atoms with van der Waals surface area (Å²) in [6, 6.07) is 0. The highest BCUT2D eigenvalue weighted by Gasteiger charge is 2.17. The number of rotatable bonds is 19. The van der Waals surface area contributed by atoms with Crippen LogP contribution in [0.5, 0.6) is 0 Å². The van der Waals surface area contributed by atoms with E-state index in [9.17, 15) is 5.11 Å². The first kappa shape index (κ1) is 27.9. The summed E-state index contributed by atoms with van der Waals surface area (Å²) in [6.45, 7) is 15.9. The molecule has 3 unspecified atom stereocenters. The van der Waals surface area contributed by atoms with Crippen molar-refractivity contribution in [2.24, 2.45) is 17.3 Å². The lowest BCUT2D eigenvalue weighted by molar-refractivity contribution is -0.152. The van der Waals surface area contributed by atoms with Gasteiger partial charge < -0.3 is 9.47 Å². The Morgan fingerprint density at radius 3 is 2.07 bits per heavy atom. The van der Waals surface area contributed by atoms with Crippen LogP contribution in [0, 0.1) is 17.3 Å². The van der Waals surface area contributed by atoms with Crippen LogP contribution in [0.4, 0.5) is 0 Å². The summed E-state index contributed by atoms with van der Waals surface area (Å²) in [5.41, 5.74) is 0.305. The SMILES string of the molecule is CCCCC(CC)COCCCCCCCCC([O])OCC(C)CC(C)(C)C. The van der Waals surface area contributed by atoms with Gasteiger partial charge in [-0.25, -0.2) is 5.11 Å². The molecule has 0 rings (SSSR count). The predicted molar refractivity (Wildman–Crippen MR) is 120 cm³/mol. The van der Waals surface area contributed by atoms with Crippen LogP contribution < -0.4 is 0 Å². The van der Waals surface area contributed by atoms with Crippen LogP contribution in [0.3, 0.4) is 0 Å². The zero-order valence-corrected chi connectivity index (χ0v) is 20.1. The highest BCUT2D eigenvalue weighted by Crippen LogP contribution is 2.24. The minimum absolute atomic E-state index is 0.305. The smallest absolute Gasteiger partial charge is 0.191 e. The fourth-order valence-corrected chi connectivity index (χ4v) is 3.83. The van der Waals surface area contributed by atoms with E-state index in [1.165, 1.54) is 51.4 Å². The lowest BCUT2D eigenvalue weighted by atomic mass is 9.86. The van der Waals surface area contributed by atoms with Crippen molar-refractivity contribution >= 4 is 0 Å². The molecule has 0 aromatic carbocycles. The Hall–Kier alpha value is -0.120. The van der Waals surface area contributed by atoms with Crippen LogP contribution in [0.2, 0.25) is 0 Å². The zero-order chi connectivity index (χ0) is 21.3. The van der Waals surface area contributed by atoms with Crippen molar-refractivity contribution in [3.8, 4) is 0 Å². The summed E-state index contributed by atoms with van der Waals surface area (Å²) in [5.74, 6) is 1.21. The molecule has 0 aliphatic carbocycles. The molecule has 0 amide bonds. The molecule has 0 heterocycles. The third-order valence-corrected chi connectivity index (χ3v) is 5.40. The quantitative estimate of drug-likeness (QED) is 0.164. The van der Waals surface area contributed by atoms with Gasteiger partial charge >= 0.3 is 0 Å². The summed E-state index contributed by atoms with van der Waals surface area (Å²) >= 11 is 0. The number of unbranched alkanes of at least 4 members (excludes halogenated alkanes) is 6. The maximum absolute atomic E-state index is 11.9. The number of hydrogen-bond donors (Lipinski definition) is 0. The van der Waals surface area contributed by atoms with Crippen LogP contribution in [0.15, 0.2) is 0 Å². The molecule has 0 bridgehead atoms. The van der Waals surface area contributed by atoms with Crippen molar-refractivity contribution in [1.82, 2.24) is 0 Å². The maximum atomic E-state index is 11.9. The van der Waals surface area contributed by atoms with Gasteiger partial charge in [-0.2, -0.15) is 0 Å². The van der Waals surface area contributed by atoms with Crippen molar-refractivity contribution in [1.29, 1.82) is 0 Å². The molecule has 1 radical (unpaired) electrons. The topological polar surface area (TPSA) is 38.4 Å². The average molecular weight is 400 g/mol. The molecular formula is C25H51O3. The average Bonchev–Trinajstić information content (AvgIpc) is 2.62. The highest BCUT2D eigenvalue weighted by atomic mass is 16.6. The minimum Gasteiger partial charge on any atom is -0.381 e. The van der Waals surface area contributed by atoms with Crippen LogP contribution in [0.1, 0.15) is 119 Å². The molecule has 0 aliphatic rings. The van der Waals surface area contributed by atoms with Gasteiger partial charge in [0.2, 0.25) is 0 Å². The molecule has 0 aromatic heterocycles. The molecule has 0 aliphatic heterocycles. The minimum atomic E-state index is -0.838. The Morgan fingerprint density at radius 2 is 1.46 bits per heavy atom. The zero-order valence-electron chi connectivity index (χ0n) is 20.1. The van der Waals surface area contributed by atoms with Crippen molar-refractivity contribution in [2.45, 2.75) is 125 Å². The van der Waals surface area contributed by atoms with E-state index in [-0.39, 0.29) is 0 Å². The summed E-state index contributed by atoms with van der Waals surface area (Å²) in [5, 5.41) is 11.9. The van der Waals surface area contributed by atoms with Gasteiger partial charge in [0.05, 0.1) is 6.61 Å². The Bertz CT molecular complexity index is 324. The van der Waals surface area contributed by atoms with Gasteiger partial charge in [-0.1, -0.05) is 86.5 Å². The Morgan fingerprint density at radius 1 is 0.821 bits per heavy atom. The predicted octanol–water partition coefficient (Wildman–Crippen LogP) is 7.80. The molecule has 3 atom stereocenters. The summed E-state index contributed by atoms with van der Waals surface area (Å²) in [6.07, 6.45) is 13.1. The maximum Gasteiger partial charge on any atom is 0.191 e. The van der Waals surface area contributed by atoms with E-state index in [1.807, 2.05) is 0 Å². The Kier molecular flexibility index (Phi) is 17.6. The van der Waals surface area contributed by atoms with Gasteiger partial charge in [-0.3, -0.25) is 0 Å². The van der Waals surface area contributed by atoms with Gasteiger partial charge in [-0.05, 0) is 42.9 Å². The summed E-state index contributed by atoms with van der Waals surface area (Å²) in [4.78, 5) is 0. The first-order chi connectivity index (χ1) is 13.3. The molecule has 0 spiro atoms. The van der Waals surface area contributed by atoms with Crippen molar-refractivity contribution in [3.05, 3.63) is 0 Å². The van der Waals surface area contributed by atoms with Gasteiger partial charge in [0.25, 0.3) is 0 Å². The lowest BCUT2D eigenvalue weighted by Crippen LogP contribution is -2.19. The molecule has 0 aromatic rings. The van der Waals surface area contributed by atoms with E-state index in [0.717, 1.165) is 38.4 Å². The molecule has 169 valence electrons. The third-order valence-electron chi connectivity index (χ3n) is 5.40. The standard InChI is InChI=1S/C25H51O3/c1-7-9-16-23(8-2)21-27-18-15-13-11-10-12-14-17-24(26)28-20-22(3)19-25(4,5)6/h22-24H,7-21H2,1-6H3. The van der Waals surface area contributed by atoms with E-state index in [2.05, 4.69) is 41.5 Å². The van der Waals surface area contributed by atoms with Crippen LogP contribution >= 0.6 is 0 Å². The van der Waals surface area contributed by atoms with Crippen LogP contribution in [-0.2, 0) is 14.6 Å². The van der Waals surface area contributed by atoms with E-state index in [0.29, 0.717) is 24.4 Å². The molecule has 0 saturated carbocycles. The Labute approximate surface area is 177 Å². The first-order valence-electron chi connectivity index (χ1n) is 12.1. The number of ether oxygens (including phenoxy) is 2. The monoisotopic (exact) mass is 399 g/mol. The fraction of sp³-hybridized carbons (Fsp3) is 1.00. The lowest BCUT2D eigenvalue weighted by Gasteiger charge is -2.23. The van der Waals surface area contributed by atoms with E-state index in [1.54, 1.807) is 0 Å². The third kappa shape index (κ3) is 19.2. The summed E-state index contributed by atoms with van der Waals surface area (Å²) in [7, 11) is 0. The van der Waals surface area contributed by atoms with Gasteiger partial charge in [0.15, 0.2) is 6.29 Å². The molecule has 0 N–H and O–H groups in total. The van der Waals surface area contributed by atoms with E-state index < -0.39 is 6.29 Å². The second-order valence-electron chi connectivity index (χ2n) is 10.0. The summed E-state index contributed by atoms with van der Waals surface area (Å²) < 4.78 is 11.4. The molecule has 0 saturated heterocycles. The molecule has 0 fully saturated rings. The normalized spacial score (nSPS) is 15.5. The number of hydrogen-bond acceptors (Lipinski definition) is 2. The largest absolute Gasteiger partial charge is 0.381 e. The van der Waals surface area contributed by atoms with Crippen molar-refractivity contribution in [2.75, 3.05) is 19.8 Å². The second kappa shape index (κ2) is 17.7. The van der Waals surface area contributed by atoms with Gasteiger partial charge in [-0.15, -0.1) is 0 Å². The van der Waals surface area contributed by atoms with E-state index >= 15 is 0 Å². The Balaban J connectivity index is 3.42. The van der Waals surface area contributed by atoms with Crippen LogP contribution in [-0.4, -0.2) is 26.1 Å². The first-order valence-corrected chi connectivity index (χ1v) is 12.1. The van der Waals surface area contributed by atoms with E-state index in [4.69, 9.17) is 9.47 Å². The highest BCUT2D eigenvalue weighted by molar-refractivity contribution is 4.66. The van der Waals surface area contributed by atoms with Gasteiger partial charge in [0, 0.05) is 19.6 Å². The van der Waals surface area contributed by atoms with Crippen molar-refractivity contribution < 1.29 is 14.6 Å². The molecule has 3 heteroatoms. The fourth-order valence-electron chi connectivity index (χ4n) is 3.83. The second-order valence-corrected chi connectivity index (χ2v) is 10.0. The van der Waals surface area contributed by atoms with Gasteiger partial charge in [0.1, 0.15) is 0 Å².